The van der Waals surface area contributed by atoms with Gasteiger partial charge in [-0.25, -0.2) is 0 Å². The zero-order chi connectivity index (χ0) is 13.8. The van der Waals surface area contributed by atoms with Gasteiger partial charge in [-0.05, 0) is 44.9 Å². The van der Waals surface area contributed by atoms with Crippen molar-refractivity contribution in [2.75, 3.05) is 6.54 Å². The Bertz CT molecular complexity index is 429. The van der Waals surface area contributed by atoms with E-state index in [2.05, 4.69) is 34.7 Å². The van der Waals surface area contributed by atoms with Gasteiger partial charge in [0.1, 0.15) is 0 Å². The number of hydrogen-bond donors (Lipinski definition) is 0. The Morgan fingerprint density at radius 3 is 2.68 bits per heavy atom. The van der Waals surface area contributed by atoms with Gasteiger partial charge in [-0.1, -0.05) is 41.4 Å². The molecule has 2 unspecified atom stereocenters. The number of halogens is 1. The topological polar surface area (TPSA) is 20.3 Å². The van der Waals surface area contributed by atoms with Crippen molar-refractivity contribution in [3.63, 3.8) is 0 Å². The number of piperidine rings is 1. The molecule has 0 aromatic heterocycles. The maximum absolute atomic E-state index is 12.6. The normalized spacial score (nSPS) is 22.2. The molecule has 1 aromatic rings. The average Bonchev–Trinajstić information content (AvgIpc) is 2.46. The molecule has 104 valence electrons. The zero-order valence-electron chi connectivity index (χ0n) is 11.7. The molecule has 0 aliphatic carbocycles. The molecule has 0 amide bonds. The van der Waals surface area contributed by atoms with Gasteiger partial charge in [-0.2, -0.15) is 0 Å². The molecular weight excluding hydrogens is 302 g/mol. The van der Waals surface area contributed by atoms with Gasteiger partial charge < -0.3 is 0 Å². The van der Waals surface area contributed by atoms with E-state index >= 15 is 0 Å². The lowest BCUT2D eigenvalue weighted by atomic mass is 9.95. The first-order valence-electron chi connectivity index (χ1n) is 7.19. The Morgan fingerprint density at radius 2 is 2.05 bits per heavy atom. The molecule has 1 aliphatic heterocycles. The van der Waals surface area contributed by atoms with Crippen molar-refractivity contribution in [3.8, 4) is 0 Å². The molecule has 2 atom stereocenters. The van der Waals surface area contributed by atoms with Crippen molar-refractivity contribution in [1.29, 1.82) is 0 Å². The minimum atomic E-state index is -0.00794. The number of Topliss-reactive ketones (excluding diaryl/α,β-unsaturated/α-hetero) is 1. The molecule has 2 nitrogen and oxygen atoms in total. The summed E-state index contributed by atoms with van der Waals surface area (Å²) in [6.07, 6.45) is 4.88. The van der Waals surface area contributed by atoms with Gasteiger partial charge in [0.25, 0.3) is 0 Å². The molecule has 2 rings (SSSR count). The number of rotatable bonds is 4. The number of carbonyl (C=O) groups excluding carboxylic acids is 1. The molecule has 0 bridgehead atoms. The summed E-state index contributed by atoms with van der Waals surface area (Å²) in [6, 6.07) is 8.26. The molecule has 1 saturated heterocycles. The number of likely N-dealkylation sites (tertiary alicyclic amines) is 1. The van der Waals surface area contributed by atoms with Crippen LogP contribution >= 0.6 is 15.9 Å². The van der Waals surface area contributed by atoms with Crippen LogP contribution in [0.3, 0.4) is 0 Å². The van der Waals surface area contributed by atoms with Crippen LogP contribution < -0.4 is 0 Å². The summed E-state index contributed by atoms with van der Waals surface area (Å²) in [5, 5.41) is 0. The molecule has 3 heteroatoms. The Kier molecular flexibility index (Phi) is 5.17. The van der Waals surface area contributed by atoms with Crippen molar-refractivity contribution < 1.29 is 4.79 Å². The van der Waals surface area contributed by atoms with E-state index in [-0.39, 0.29) is 11.8 Å². The second-order valence-corrected chi connectivity index (χ2v) is 6.26. The highest BCUT2D eigenvalue weighted by atomic mass is 79.9. The van der Waals surface area contributed by atoms with Gasteiger partial charge >= 0.3 is 0 Å². The summed E-state index contributed by atoms with van der Waals surface area (Å²) < 4.78 is 1.01. The number of hydrogen-bond acceptors (Lipinski definition) is 2. The van der Waals surface area contributed by atoms with Crippen molar-refractivity contribution in [1.82, 2.24) is 4.90 Å². The maximum Gasteiger partial charge on any atom is 0.179 e. The number of nitrogens with zero attached hydrogens (tertiary/aromatic N) is 1. The molecule has 0 saturated carbocycles. The molecule has 1 fully saturated rings. The summed E-state index contributed by atoms with van der Waals surface area (Å²) in [5.74, 6) is 0.243. The Labute approximate surface area is 124 Å². The van der Waals surface area contributed by atoms with Crippen LogP contribution in [0, 0.1) is 0 Å². The van der Waals surface area contributed by atoms with Crippen LogP contribution in [0.15, 0.2) is 28.7 Å². The third kappa shape index (κ3) is 3.46. The Morgan fingerprint density at radius 1 is 1.37 bits per heavy atom. The van der Waals surface area contributed by atoms with Gasteiger partial charge in [0.2, 0.25) is 0 Å². The lowest BCUT2D eigenvalue weighted by Gasteiger charge is -2.38. The van der Waals surface area contributed by atoms with E-state index in [1.807, 2.05) is 24.3 Å². The van der Waals surface area contributed by atoms with E-state index in [4.69, 9.17) is 0 Å². The highest BCUT2D eigenvalue weighted by Crippen LogP contribution is 2.23. The van der Waals surface area contributed by atoms with Crippen LogP contribution in [0.2, 0.25) is 0 Å². The van der Waals surface area contributed by atoms with Crippen molar-refractivity contribution >= 4 is 21.7 Å². The van der Waals surface area contributed by atoms with E-state index in [0.29, 0.717) is 6.04 Å². The summed E-state index contributed by atoms with van der Waals surface area (Å²) in [6.45, 7) is 5.33. The highest BCUT2D eigenvalue weighted by Gasteiger charge is 2.29. The van der Waals surface area contributed by atoms with Crippen molar-refractivity contribution in [2.24, 2.45) is 0 Å². The fourth-order valence-corrected chi connectivity index (χ4v) is 3.24. The Balaban J connectivity index is 2.11. The molecule has 1 aliphatic rings. The van der Waals surface area contributed by atoms with Gasteiger partial charge in [-0.3, -0.25) is 9.69 Å². The van der Waals surface area contributed by atoms with Crippen molar-refractivity contribution in [2.45, 2.75) is 51.6 Å². The molecule has 0 spiro atoms. The minimum Gasteiger partial charge on any atom is -0.292 e. The van der Waals surface area contributed by atoms with Gasteiger partial charge in [0, 0.05) is 16.1 Å². The van der Waals surface area contributed by atoms with Gasteiger partial charge in [-0.15, -0.1) is 0 Å². The fraction of sp³-hybridized carbons (Fsp3) is 0.562. The molecule has 1 heterocycles. The van der Waals surface area contributed by atoms with Crippen molar-refractivity contribution in [3.05, 3.63) is 34.3 Å². The third-order valence-electron chi connectivity index (χ3n) is 4.15. The minimum absolute atomic E-state index is 0.00794. The van der Waals surface area contributed by atoms with E-state index < -0.39 is 0 Å². The first-order valence-corrected chi connectivity index (χ1v) is 7.98. The van der Waals surface area contributed by atoms with E-state index in [9.17, 15) is 4.79 Å². The molecular formula is C16H22BrNO. The summed E-state index contributed by atoms with van der Waals surface area (Å²) in [7, 11) is 0. The molecule has 1 aromatic carbocycles. The zero-order valence-corrected chi connectivity index (χ0v) is 13.3. The number of ketones is 1. The van der Waals surface area contributed by atoms with E-state index in [0.717, 1.165) is 23.0 Å². The second kappa shape index (κ2) is 6.67. The maximum atomic E-state index is 12.6. The summed E-state index contributed by atoms with van der Waals surface area (Å²) in [4.78, 5) is 15.0. The van der Waals surface area contributed by atoms with E-state index in [1.165, 1.54) is 19.3 Å². The quantitative estimate of drug-likeness (QED) is 0.770. The number of benzene rings is 1. The van der Waals surface area contributed by atoms with Crippen LogP contribution in [0.1, 0.15) is 49.9 Å². The SMILES string of the molecule is CCC1CCCCN1C(C)C(=O)c1ccc(Br)cc1. The largest absolute Gasteiger partial charge is 0.292 e. The smallest absolute Gasteiger partial charge is 0.179 e. The molecule has 0 radical (unpaired) electrons. The third-order valence-corrected chi connectivity index (χ3v) is 4.68. The predicted molar refractivity (Wildman–Crippen MR) is 82.6 cm³/mol. The molecule has 19 heavy (non-hydrogen) atoms. The van der Waals surface area contributed by atoms with Gasteiger partial charge in [0.05, 0.1) is 6.04 Å². The summed E-state index contributed by atoms with van der Waals surface area (Å²) in [5.41, 5.74) is 0.816. The average molecular weight is 324 g/mol. The fourth-order valence-electron chi connectivity index (χ4n) is 2.98. The van der Waals surface area contributed by atoms with Crippen LogP contribution in [0.25, 0.3) is 0 Å². The summed E-state index contributed by atoms with van der Waals surface area (Å²) >= 11 is 3.41. The van der Waals surface area contributed by atoms with Gasteiger partial charge in [0.15, 0.2) is 5.78 Å². The molecule has 0 N–H and O–H groups in total. The first-order chi connectivity index (χ1) is 9.13. The van der Waals surface area contributed by atoms with Crippen LogP contribution in [-0.2, 0) is 0 Å². The Hall–Kier alpha value is -0.670. The lowest BCUT2D eigenvalue weighted by molar-refractivity contribution is 0.0661. The van der Waals surface area contributed by atoms with E-state index in [1.54, 1.807) is 0 Å². The monoisotopic (exact) mass is 323 g/mol. The number of carbonyl (C=O) groups is 1. The predicted octanol–water partition coefficient (Wildman–Crippen LogP) is 4.28. The highest BCUT2D eigenvalue weighted by molar-refractivity contribution is 9.10. The van der Waals surface area contributed by atoms with Crippen LogP contribution in [-0.4, -0.2) is 29.3 Å². The first kappa shape index (κ1) is 14.7. The van der Waals surface area contributed by atoms with Crippen LogP contribution in [0.4, 0.5) is 0 Å². The van der Waals surface area contributed by atoms with Crippen LogP contribution in [0.5, 0.6) is 0 Å². The lowest BCUT2D eigenvalue weighted by Crippen LogP contribution is -2.48. The second-order valence-electron chi connectivity index (χ2n) is 5.34. The standard InChI is InChI=1S/C16H22BrNO/c1-3-15-6-4-5-11-18(15)12(2)16(19)13-7-9-14(17)10-8-13/h7-10,12,15H,3-6,11H2,1-2H3.